The number of piperazine rings is 1. The summed E-state index contributed by atoms with van der Waals surface area (Å²) in [5.74, 6) is 0.719. The Kier molecular flexibility index (Phi) is 6.24. The SMILES string of the molecule is CCOCCn1c(N2CCN(Cc3cccc(C)c3)CC2)nc2c1c(=O)[nH]c(=O)n2C. The summed E-state index contributed by atoms with van der Waals surface area (Å²) in [6.45, 7) is 9.97. The van der Waals surface area contributed by atoms with Crippen LogP contribution in [0.2, 0.25) is 0 Å². The van der Waals surface area contributed by atoms with Crippen molar-refractivity contribution < 1.29 is 4.74 Å². The molecule has 2 aromatic heterocycles. The fourth-order valence-corrected chi connectivity index (χ4v) is 4.15. The number of H-pyrrole nitrogens is 1. The number of aromatic nitrogens is 4. The van der Waals surface area contributed by atoms with E-state index in [1.165, 1.54) is 15.7 Å². The van der Waals surface area contributed by atoms with E-state index in [1.807, 2.05) is 11.5 Å². The molecule has 3 aromatic rings. The molecule has 166 valence electrons. The van der Waals surface area contributed by atoms with Gasteiger partial charge in [0.2, 0.25) is 5.95 Å². The number of benzene rings is 1. The molecule has 0 spiro atoms. The Hall–Kier alpha value is -2.91. The predicted molar refractivity (Wildman–Crippen MR) is 121 cm³/mol. The molecule has 1 saturated heterocycles. The average Bonchev–Trinajstić information content (AvgIpc) is 3.13. The highest BCUT2D eigenvalue weighted by atomic mass is 16.5. The summed E-state index contributed by atoms with van der Waals surface area (Å²) in [6.07, 6.45) is 0. The van der Waals surface area contributed by atoms with Gasteiger partial charge in [-0.05, 0) is 19.4 Å². The van der Waals surface area contributed by atoms with Crippen LogP contribution < -0.4 is 16.1 Å². The zero-order valence-electron chi connectivity index (χ0n) is 18.4. The molecule has 0 atom stereocenters. The zero-order chi connectivity index (χ0) is 22.0. The molecule has 0 saturated carbocycles. The first kappa shape index (κ1) is 21.3. The summed E-state index contributed by atoms with van der Waals surface area (Å²) < 4.78 is 8.81. The number of nitrogens with zero attached hydrogens (tertiary/aromatic N) is 5. The molecule has 9 heteroatoms. The molecule has 31 heavy (non-hydrogen) atoms. The van der Waals surface area contributed by atoms with E-state index < -0.39 is 11.2 Å². The lowest BCUT2D eigenvalue weighted by Crippen LogP contribution is -2.47. The van der Waals surface area contributed by atoms with Gasteiger partial charge >= 0.3 is 5.69 Å². The van der Waals surface area contributed by atoms with Crippen LogP contribution in [0.15, 0.2) is 33.9 Å². The molecule has 9 nitrogen and oxygen atoms in total. The van der Waals surface area contributed by atoms with Crippen molar-refractivity contribution in [1.82, 2.24) is 24.0 Å². The van der Waals surface area contributed by atoms with Crippen molar-refractivity contribution in [2.45, 2.75) is 26.9 Å². The first-order valence-electron chi connectivity index (χ1n) is 10.8. The summed E-state index contributed by atoms with van der Waals surface area (Å²) in [5.41, 5.74) is 2.54. The highest BCUT2D eigenvalue weighted by molar-refractivity contribution is 5.74. The molecule has 3 heterocycles. The number of hydrogen-bond donors (Lipinski definition) is 1. The molecule has 1 aliphatic rings. The highest BCUT2D eigenvalue weighted by Crippen LogP contribution is 2.21. The van der Waals surface area contributed by atoms with Crippen molar-refractivity contribution in [2.24, 2.45) is 7.05 Å². The number of anilines is 1. The quantitative estimate of drug-likeness (QED) is 0.569. The lowest BCUT2D eigenvalue weighted by atomic mass is 10.1. The normalized spacial score (nSPS) is 15.1. The summed E-state index contributed by atoms with van der Waals surface area (Å²) in [5, 5.41) is 0. The van der Waals surface area contributed by atoms with Crippen LogP contribution in [0.4, 0.5) is 5.95 Å². The van der Waals surface area contributed by atoms with Crippen LogP contribution in [0.1, 0.15) is 18.1 Å². The number of aryl methyl sites for hydroxylation is 2. The summed E-state index contributed by atoms with van der Waals surface area (Å²) in [6, 6.07) is 8.61. The summed E-state index contributed by atoms with van der Waals surface area (Å²) in [7, 11) is 1.63. The van der Waals surface area contributed by atoms with E-state index in [0.717, 1.165) is 38.7 Å². The molecular formula is C22H30N6O3. The van der Waals surface area contributed by atoms with Gasteiger partial charge < -0.3 is 14.2 Å². The smallest absolute Gasteiger partial charge is 0.329 e. The Morgan fingerprint density at radius 3 is 2.65 bits per heavy atom. The molecule has 1 aliphatic heterocycles. The molecule has 0 amide bonds. The lowest BCUT2D eigenvalue weighted by molar-refractivity contribution is 0.140. The molecule has 1 fully saturated rings. The third kappa shape index (κ3) is 4.42. The Morgan fingerprint density at radius 1 is 1.16 bits per heavy atom. The summed E-state index contributed by atoms with van der Waals surface area (Å²) in [4.78, 5) is 36.4. The van der Waals surface area contributed by atoms with Crippen LogP contribution in [-0.4, -0.2) is 63.4 Å². The Bertz CT molecular complexity index is 1170. The Labute approximate surface area is 180 Å². The minimum atomic E-state index is -0.457. The second-order valence-corrected chi connectivity index (χ2v) is 8.00. The van der Waals surface area contributed by atoms with Gasteiger partial charge in [0.25, 0.3) is 5.56 Å². The highest BCUT2D eigenvalue weighted by Gasteiger charge is 2.25. The fourth-order valence-electron chi connectivity index (χ4n) is 4.15. The van der Waals surface area contributed by atoms with Crippen molar-refractivity contribution in [3.05, 3.63) is 56.2 Å². The number of fused-ring (bicyclic) bond motifs is 1. The minimum absolute atomic E-state index is 0.405. The molecule has 1 aromatic carbocycles. The van der Waals surface area contributed by atoms with Crippen molar-refractivity contribution in [2.75, 3.05) is 44.3 Å². The first-order valence-corrected chi connectivity index (χ1v) is 10.8. The van der Waals surface area contributed by atoms with Crippen LogP contribution >= 0.6 is 0 Å². The number of imidazole rings is 1. The average molecular weight is 427 g/mol. The zero-order valence-corrected chi connectivity index (χ0v) is 18.4. The van der Waals surface area contributed by atoms with Crippen molar-refractivity contribution in [1.29, 1.82) is 0 Å². The number of aromatic amines is 1. The lowest BCUT2D eigenvalue weighted by Gasteiger charge is -2.35. The topological polar surface area (TPSA) is 88.4 Å². The Balaban J connectivity index is 1.58. The molecule has 0 unspecified atom stereocenters. The molecular weight excluding hydrogens is 396 g/mol. The summed E-state index contributed by atoms with van der Waals surface area (Å²) >= 11 is 0. The molecule has 1 N–H and O–H groups in total. The molecule has 4 rings (SSSR count). The number of nitrogens with one attached hydrogen (secondary N) is 1. The van der Waals surface area contributed by atoms with Gasteiger partial charge in [0.05, 0.1) is 6.61 Å². The van der Waals surface area contributed by atoms with Gasteiger partial charge in [0, 0.05) is 52.9 Å². The minimum Gasteiger partial charge on any atom is -0.380 e. The number of hydrogen-bond acceptors (Lipinski definition) is 6. The van der Waals surface area contributed by atoms with Gasteiger partial charge in [-0.15, -0.1) is 0 Å². The third-order valence-electron chi connectivity index (χ3n) is 5.79. The van der Waals surface area contributed by atoms with Crippen LogP contribution in [0.3, 0.4) is 0 Å². The fraction of sp³-hybridized carbons (Fsp3) is 0.500. The predicted octanol–water partition coefficient (Wildman–Crippen LogP) is 1.09. The maximum absolute atomic E-state index is 12.6. The van der Waals surface area contributed by atoms with Crippen LogP contribution in [0.25, 0.3) is 11.2 Å². The van der Waals surface area contributed by atoms with Gasteiger partial charge in [-0.3, -0.25) is 19.2 Å². The largest absolute Gasteiger partial charge is 0.380 e. The van der Waals surface area contributed by atoms with Gasteiger partial charge in [0.15, 0.2) is 11.2 Å². The number of ether oxygens (including phenoxy) is 1. The number of rotatable bonds is 7. The standard InChI is InChI=1S/C22H30N6O3/c1-4-31-13-12-28-18-19(25(3)22(30)24-20(18)29)23-21(28)27-10-8-26(9-11-27)15-17-7-5-6-16(2)14-17/h5-7,14H,4,8-13,15H2,1-3H3,(H,24,29,30). The van der Waals surface area contributed by atoms with Gasteiger partial charge in [-0.2, -0.15) is 4.98 Å². The van der Waals surface area contributed by atoms with E-state index in [9.17, 15) is 9.59 Å². The maximum Gasteiger partial charge on any atom is 0.329 e. The molecule has 0 bridgehead atoms. The monoisotopic (exact) mass is 426 g/mol. The van der Waals surface area contributed by atoms with Crippen molar-refractivity contribution in [3.63, 3.8) is 0 Å². The van der Waals surface area contributed by atoms with E-state index in [0.29, 0.717) is 30.9 Å². The van der Waals surface area contributed by atoms with E-state index >= 15 is 0 Å². The third-order valence-corrected chi connectivity index (χ3v) is 5.79. The van der Waals surface area contributed by atoms with E-state index in [-0.39, 0.29) is 0 Å². The maximum atomic E-state index is 12.6. The van der Waals surface area contributed by atoms with Gasteiger partial charge in [-0.1, -0.05) is 29.8 Å². The second kappa shape index (κ2) is 9.07. The second-order valence-electron chi connectivity index (χ2n) is 8.00. The Morgan fingerprint density at radius 2 is 1.94 bits per heavy atom. The van der Waals surface area contributed by atoms with Crippen molar-refractivity contribution in [3.8, 4) is 0 Å². The van der Waals surface area contributed by atoms with E-state index in [1.54, 1.807) is 7.05 Å². The van der Waals surface area contributed by atoms with Crippen molar-refractivity contribution >= 4 is 17.1 Å². The van der Waals surface area contributed by atoms with E-state index in [2.05, 4.69) is 46.0 Å². The van der Waals surface area contributed by atoms with Crippen LogP contribution in [-0.2, 0) is 24.9 Å². The van der Waals surface area contributed by atoms with Gasteiger partial charge in [0.1, 0.15) is 0 Å². The van der Waals surface area contributed by atoms with Crippen LogP contribution in [0.5, 0.6) is 0 Å². The van der Waals surface area contributed by atoms with Crippen LogP contribution in [0, 0.1) is 6.92 Å². The first-order chi connectivity index (χ1) is 15.0. The molecule has 0 radical (unpaired) electrons. The van der Waals surface area contributed by atoms with Gasteiger partial charge in [-0.25, -0.2) is 4.79 Å². The molecule has 0 aliphatic carbocycles. The van der Waals surface area contributed by atoms with E-state index in [4.69, 9.17) is 9.72 Å².